The molecular formula is C19H24N2O2. The Morgan fingerprint density at radius 3 is 2.30 bits per heavy atom. The fourth-order valence-electron chi connectivity index (χ4n) is 2.09. The van der Waals surface area contributed by atoms with Gasteiger partial charge in [0.25, 0.3) is 0 Å². The molecule has 0 saturated carbocycles. The number of anilines is 1. The van der Waals surface area contributed by atoms with Crippen LogP contribution in [0.5, 0.6) is 5.75 Å². The summed E-state index contributed by atoms with van der Waals surface area (Å²) in [4.78, 5) is 11.8. The van der Waals surface area contributed by atoms with Crippen molar-refractivity contribution in [2.45, 2.75) is 26.7 Å². The fraction of sp³-hybridized carbons (Fsp3) is 0.316. The summed E-state index contributed by atoms with van der Waals surface area (Å²) in [6.07, 6.45) is 0. The maximum Gasteiger partial charge on any atom is 0.319 e. The molecule has 2 N–H and O–H groups in total. The summed E-state index contributed by atoms with van der Waals surface area (Å²) in [5.41, 5.74) is 3.23. The van der Waals surface area contributed by atoms with Crippen LogP contribution in [0.25, 0.3) is 0 Å². The van der Waals surface area contributed by atoms with E-state index in [1.54, 1.807) is 0 Å². The molecule has 122 valence electrons. The van der Waals surface area contributed by atoms with Crippen LogP contribution in [-0.4, -0.2) is 19.2 Å². The van der Waals surface area contributed by atoms with E-state index in [4.69, 9.17) is 4.74 Å². The van der Waals surface area contributed by atoms with Crippen molar-refractivity contribution < 1.29 is 9.53 Å². The number of carbonyl (C=O) groups excluding carboxylic acids is 1. The summed E-state index contributed by atoms with van der Waals surface area (Å²) >= 11 is 0. The van der Waals surface area contributed by atoms with Gasteiger partial charge >= 0.3 is 6.03 Å². The smallest absolute Gasteiger partial charge is 0.319 e. The molecule has 0 unspecified atom stereocenters. The van der Waals surface area contributed by atoms with Crippen LogP contribution in [0.1, 0.15) is 30.9 Å². The molecule has 4 heteroatoms. The Bertz CT molecular complexity index is 619. The largest absolute Gasteiger partial charge is 0.492 e. The standard InChI is InChI=1S/C19H24N2O2/c1-14(2)16-6-8-17(9-7-16)21-19(22)20-12-13-23-18-10-4-15(3)5-11-18/h4-11,14H,12-13H2,1-3H3,(H2,20,21,22). The highest BCUT2D eigenvalue weighted by Crippen LogP contribution is 2.17. The molecule has 23 heavy (non-hydrogen) atoms. The lowest BCUT2D eigenvalue weighted by atomic mass is 10.0. The monoisotopic (exact) mass is 312 g/mol. The van der Waals surface area contributed by atoms with E-state index in [1.165, 1.54) is 11.1 Å². The summed E-state index contributed by atoms with van der Waals surface area (Å²) in [6.45, 7) is 7.20. The second-order valence-corrected chi connectivity index (χ2v) is 5.82. The SMILES string of the molecule is Cc1ccc(OCCNC(=O)Nc2ccc(C(C)C)cc2)cc1. The van der Waals surface area contributed by atoms with E-state index in [0.717, 1.165) is 11.4 Å². The van der Waals surface area contributed by atoms with Gasteiger partial charge in [-0.25, -0.2) is 4.79 Å². The first-order valence-corrected chi connectivity index (χ1v) is 7.89. The maximum atomic E-state index is 11.8. The Morgan fingerprint density at radius 2 is 1.70 bits per heavy atom. The minimum Gasteiger partial charge on any atom is -0.492 e. The summed E-state index contributed by atoms with van der Waals surface area (Å²) in [6, 6.07) is 15.5. The lowest BCUT2D eigenvalue weighted by Gasteiger charge is -2.10. The van der Waals surface area contributed by atoms with Crippen LogP contribution in [0.2, 0.25) is 0 Å². The molecule has 0 aliphatic carbocycles. The highest BCUT2D eigenvalue weighted by molar-refractivity contribution is 5.89. The molecule has 0 atom stereocenters. The molecule has 0 aliphatic heterocycles. The molecular weight excluding hydrogens is 288 g/mol. The second kappa shape index (κ2) is 8.22. The van der Waals surface area contributed by atoms with Gasteiger partial charge in [-0.2, -0.15) is 0 Å². The second-order valence-electron chi connectivity index (χ2n) is 5.82. The first kappa shape index (κ1) is 16.9. The van der Waals surface area contributed by atoms with E-state index < -0.39 is 0 Å². The topological polar surface area (TPSA) is 50.4 Å². The Kier molecular flexibility index (Phi) is 6.03. The Morgan fingerprint density at radius 1 is 1.04 bits per heavy atom. The predicted molar refractivity (Wildman–Crippen MR) is 94.2 cm³/mol. The molecule has 0 aliphatic rings. The highest BCUT2D eigenvalue weighted by Gasteiger charge is 2.03. The minimum atomic E-state index is -0.227. The van der Waals surface area contributed by atoms with Crippen LogP contribution in [-0.2, 0) is 0 Å². The lowest BCUT2D eigenvalue weighted by molar-refractivity contribution is 0.247. The maximum absolute atomic E-state index is 11.8. The molecule has 2 rings (SSSR count). The van der Waals surface area contributed by atoms with Gasteiger partial charge in [-0.1, -0.05) is 43.7 Å². The zero-order valence-electron chi connectivity index (χ0n) is 13.9. The normalized spacial score (nSPS) is 10.4. The summed E-state index contributed by atoms with van der Waals surface area (Å²) in [5, 5.41) is 5.58. The van der Waals surface area contributed by atoms with Gasteiger partial charge in [0.05, 0.1) is 6.54 Å². The molecule has 0 spiro atoms. The van der Waals surface area contributed by atoms with Crippen molar-refractivity contribution in [3.8, 4) is 5.75 Å². The van der Waals surface area contributed by atoms with E-state index in [-0.39, 0.29) is 6.03 Å². The van der Waals surface area contributed by atoms with Gasteiger partial charge < -0.3 is 15.4 Å². The van der Waals surface area contributed by atoms with Crippen LogP contribution in [0.15, 0.2) is 48.5 Å². The van der Waals surface area contributed by atoms with Crippen LogP contribution in [0.4, 0.5) is 10.5 Å². The summed E-state index contributed by atoms with van der Waals surface area (Å²) < 4.78 is 5.56. The van der Waals surface area contributed by atoms with Crippen molar-refractivity contribution in [1.29, 1.82) is 0 Å². The van der Waals surface area contributed by atoms with Crippen molar-refractivity contribution in [3.05, 3.63) is 59.7 Å². The number of rotatable bonds is 6. The number of urea groups is 1. The lowest BCUT2D eigenvalue weighted by Crippen LogP contribution is -2.32. The third-order valence-electron chi connectivity index (χ3n) is 3.51. The van der Waals surface area contributed by atoms with Crippen molar-refractivity contribution in [3.63, 3.8) is 0 Å². The molecule has 2 aromatic carbocycles. The van der Waals surface area contributed by atoms with E-state index in [1.807, 2.05) is 55.5 Å². The third kappa shape index (κ3) is 5.66. The Hall–Kier alpha value is -2.49. The number of hydrogen-bond donors (Lipinski definition) is 2. The number of aryl methyl sites for hydroxylation is 1. The van der Waals surface area contributed by atoms with Gasteiger partial charge in [0.1, 0.15) is 12.4 Å². The van der Waals surface area contributed by atoms with E-state index in [2.05, 4.69) is 24.5 Å². The van der Waals surface area contributed by atoms with E-state index in [9.17, 15) is 4.79 Å². The first-order chi connectivity index (χ1) is 11.0. The molecule has 0 heterocycles. The first-order valence-electron chi connectivity index (χ1n) is 7.89. The molecule has 2 amide bonds. The van der Waals surface area contributed by atoms with Gasteiger partial charge in [-0.3, -0.25) is 0 Å². The molecule has 0 fully saturated rings. The number of benzene rings is 2. The molecule has 2 aromatic rings. The predicted octanol–water partition coefficient (Wildman–Crippen LogP) is 4.32. The highest BCUT2D eigenvalue weighted by atomic mass is 16.5. The number of amides is 2. The molecule has 0 aromatic heterocycles. The van der Waals surface area contributed by atoms with Gasteiger partial charge in [0, 0.05) is 5.69 Å². The van der Waals surface area contributed by atoms with Gasteiger partial charge in [-0.05, 0) is 42.7 Å². The van der Waals surface area contributed by atoms with Gasteiger partial charge in [-0.15, -0.1) is 0 Å². The van der Waals surface area contributed by atoms with Gasteiger partial charge in [0.2, 0.25) is 0 Å². The average molecular weight is 312 g/mol. The third-order valence-corrected chi connectivity index (χ3v) is 3.51. The van der Waals surface area contributed by atoms with Crippen molar-refractivity contribution >= 4 is 11.7 Å². The van der Waals surface area contributed by atoms with Crippen molar-refractivity contribution in [1.82, 2.24) is 5.32 Å². The minimum absolute atomic E-state index is 0.227. The van der Waals surface area contributed by atoms with E-state index >= 15 is 0 Å². The molecule has 0 saturated heterocycles. The molecule has 0 radical (unpaired) electrons. The van der Waals surface area contributed by atoms with Crippen LogP contribution < -0.4 is 15.4 Å². The van der Waals surface area contributed by atoms with Crippen molar-refractivity contribution in [2.24, 2.45) is 0 Å². The zero-order valence-corrected chi connectivity index (χ0v) is 13.9. The zero-order chi connectivity index (χ0) is 16.7. The Balaban J connectivity index is 1.69. The number of nitrogens with one attached hydrogen (secondary N) is 2. The Labute approximate surface area is 137 Å². The summed E-state index contributed by atoms with van der Waals surface area (Å²) in [5.74, 6) is 1.29. The molecule has 0 bridgehead atoms. The van der Waals surface area contributed by atoms with E-state index in [0.29, 0.717) is 19.1 Å². The van der Waals surface area contributed by atoms with Crippen LogP contribution in [0.3, 0.4) is 0 Å². The fourth-order valence-corrected chi connectivity index (χ4v) is 2.09. The molecule has 4 nitrogen and oxygen atoms in total. The van der Waals surface area contributed by atoms with Crippen molar-refractivity contribution in [2.75, 3.05) is 18.5 Å². The van der Waals surface area contributed by atoms with Gasteiger partial charge in [0.15, 0.2) is 0 Å². The number of carbonyl (C=O) groups is 1. The number of hydrogen-bond acceptors (Lipinski definition) is 2. The quantitative estimate of drug-likeness (QED) is 0.781. The summed E-state index contributed by atoms with van der Waals surface area (Å²) in [7, 11) is 0. The van der Waals surface area contributed by atoms with Crippen LogP contribution in [0, 0.1) is 6.92 Å². The average Bonchev–Trinajstić information content (AvgIpc) is 2.54. The number of ether oxygens (including phenoxy) is 1. The van der Waals surface area contributed by atoms with Crippen LogP contribution >= 0.6 is 0 Å².